The monoisotopic (exact) mass is 210 g/mol. The quantitative estimate of drug-likeness (QED) is 0.559. The first kappa shape index (κ1) is 11.7. The summed E-state index contributed by atoms with van der Waals surface area (Å²) in [7, 11) is 1.60. The van der Waals surface area contributed by atoms with Crippen LogP contribution in [0.1, 0.15) is 10.4 Å². The Hall–Kier alpha value is -1.39. The molecule has 0 atom stereocenters. The van der Waals surface area contributed by atoms with Gasteiger partial charge in [0.2, 0.25) is 0 Å². The van der Waals surface area contributed by atoms with E-state index < -0.39 is 6.61 Å². The minimum atomic E-state index is -0.468. The van der Waals surface area contributed by atoms with Gasteiger partial charge in [0.1, 0.15) is 19.0 Å². The molecule has 0 radical (unpaired) electrons. The van der Waals surface area contributed by atoms with Gasteiger partial charge in [0.15, 0.2) is 5.78 Å². The normalized spacial score (nSPS) is 10.0. The lowest BCUT2D eigenvalue weighted by Gasteiger charge is -2.05. The Morgan fingerprint density at radius 1 is 1.27 bits per heavy atom. The average molecular weight is 210 g/mol. The molecule has 0 aliphatic rings. The van der Waals surface area contributed by atoms with E-state index in [1.165, 1.54) is 0 Å². The molecule has 0 amide bonds. The van der Waals surface area contributed by atoms with Crippen molar-refractivity contribution in [3.8, 4) is 5.75 Å². The van der Waals surface area contributed by atoms with E-state index in [1.54, 1.807) is 31.4 Å². The molecule has 0 bridgehead atoms. The Morgan fingerprint density at radius 2 is 1.93 bits per heavy atom. The Bertz CT molecular complexity index is 305. The van der Waals surface area contributed by atoms with E-state index in [9.17, 15) is 4.79 Å². The van der Waals surface area contributed by atoms with Crippen LogP contribution in [0.5, 0.6) is 5.75 Å². The molecule has 0 aliphatic carbocycles. The summed E-state index contributed by atoms with van der Waals surface area (Å²) in [5.74, 6) is 0.389. The van der Waals surface area contributed by atoms with E-state index in [4.69, 9.17) is 14.6 Å². The van der Waals surface area contributed by atoms with Crippen molar-refractivity contribution >= 4 is 5.78 Å². The molecule has 15 heavy (non-hydrogen) atoms. The van der Waals surface area contributed by atoms with Gasteiger partial charge in [-0.25, -0.2) is 0 Å². The molecule has 0 unspecified atom stereocenters. The van der Waals surface area contributed by atoms with Crippen molar-refractivity contribution in [1.82, 2.24) is 0 Å². The minimum absolute atomic E-state index is 0.293. The Labute approximate surface area is 88.4 Å². The molecule has 1 aromatic carbocycles. The highest BCUT2D eigenvalue weighted by atomic mass is 16.5. The lowest BCUT2D eigenvalue weighted by atomic mass is 10.1. The van der Waals surface area contributed by atoms with E-state index in [0.717, 1.165) is 0 Å². The summed E-state index contributed by atoms with van der Waals surface area (Å²) < 4.78 is 10.1. The summed E-state index contributed by atoms with van der Waals surface area (Å²) in [4.78, 5) is 11.1. The fraction of sp³-hybridized carbons (Fsp3) is 0.364. The third-order valence-corrected chi connectivity index (χ3v) is 1.88. The summed E-state index contributed by atoms with van der Waals surface area (Å²) in [5, 5.41) is 8.63. The molecule has 0 heterocycles. The van der Waals surface area contributed by atoms with E-state index in [-0.39, 0.29) is 5.78 Å². The maximum Gasteiger partial charge on any atom is 0.188 e. The molecule has 0 aliphatic heterocycles. The van der Waals surface area contributed by atoms with Crippen molar-refractivity contribution < 1.29 is 19.4 Å². The Morgan fingerprint density at radius 3 is 2.47 bits per heavy atom. The van der Waals surface area contributed by atoms with Crippen LogP contribution >= 0.6 is 0 Å². The van der Waals surface area contributed by atoms with Crippen molar-refractivity contribution in [3.63, 3.8) is 0 Å². The van der Waals surface area contributed by atoms with Gasteiger partial charge in [0, 0.05) is 12.7 Å². The number of ether oxygens (including phenoxy) is 2. The van der Waals surface area contributed by atoms with Crippen molar-refractivity contribution in [1.29, 1.82) is 0 Å². The van der Waals surface area contributed by atoms with Crippen LogP contribution in [0, 0.1) is 0 Å². The number of rotatable bonds is 6. The Balaban J connectivity index is 2.52. The smallest absolute Gasteiger partial charge is 0.188 e. The van der Waals surface area contributed by atoms with Crippen LogP contribution < -0.4 is 4.74 Å². The van der Waals surface area contributed by atoms with Gasteiger partial charge in [0.25, 0.3) is 0 Å². The predicted octanol–water partition coefficient (Wildman–Crippen LogP) is 0.887. The van der Waals surface area contributed by atoms with Gasteiger partial charge in [-0.05, 0) is 24.3 Å². The summed E-state index contributed by atoms with van der Waals surface area (Å²) in [6, 6.07) is 6.64. The van der Waals surface area contributed by atoms with Gasteiger partial charge in [-0.3, -0.25) is 4.79 Å². The number of Topliss-reactive ketones (excluding diaryl/α,β-unsaturated/α-hetero) is 1. The SMILES string of the molecule is COCCOc1ccc(C(=O)CO)cc1. The number of hydrogen-bond acceptors (Lipinski definition) is 4. The number of carbonyl (C=O) groups is 1. The maximum atomic E-state index is 11.1. The van der Waals surface area contributed by atoms with Gasteiger partial charge in [-0.15, -0.1) is 0 Å². The lowest BCUT2D eigenvalue weighted by molar-refractivity contribution is 0.0903. The van der Waals surface area contributed by atoms with Gasteiger partial charge in [0.05, 0.1) is 6.61 Å². The molecule has 4 heteroatoms. The second kappa shape index (κ2) is 6.16. The highest BCUT2D eigenvalue weighted by Crippen LogP contribution is 2.12. The van der Waals surface area contributed by atoms with E-state index in [1.807, 2.05) is 0 Å². The molecular weight excluding hydrogens is 196 g/mol. The van der Waals surface area contributed by atoms with Crippen LogP contribution in [0.15, 0.2) is 24.3 Å². The summed E-state index contributed by atoms with van der Waals surface area (Å²) >= 11 is 0. The predicted molar refractivity (Wildman–Crippen MR) is 55.2 cm³/mol. The molecular formula is C11H14O4. The van der Waals surface area contributed by atoms with Crippen molar-refractivity contribution in [3.05, 3.63) is 29.8 Å². The third-order valence-electron chi connectivity index (χ3n) is 1.88. The molecule has 1 aromatic rings. The van der Waals surface area contributed by atoms with Crippen molar-refractivity contribution in [2.24, 2.45) is 0 Å². The number of carbonyl (C=O) groups excluding carboxylic acids is 1. The first-order chi connectivity index (χ1) is 7.27. The maximum absolute atomic E-state index is 11.1. The highest BCUT2D eigenvalue weighted by Gasteiger charge is 2.03. The number of hydrogen-bond donors (Lipinski definition) is 1. The second-order valence-electron chi connectivity index (χ2n) is 2.95. The fourth-order valence-corrected chi connectivity index (χ4v) is 1.07. The third kappa shape index (κ3) is 3.69. The second-order valence-corrected chi connectivity index (χ2v) is 2.95. The molecule has 1 N–H and O–H groups in total. The molecule has 0 spiro atoms. The zero-order chi connectivity index (χ0) is 11.1. The first-order valence-corrected chi connectivity index (χ1v) is 4.63. The number of ketones is 1. The summed E-state index contributed by atoms with van der Waals surface area (Å²) in [5.41, 5.74) is 0.483. The van der Waals surface area contributed by atoms with E-state index >= 15 is 0 Å². The van der Waals surface area contributed by atoms with E-state index in [2.05, 4.69) is 0 Å². The summed E-state index contributed by atoms with van der Waals surface area (Å²) in [6.07, 6.45) is 0. The van der Waals surface area contributed by atoms with Crippen LogP contribution in [-0.4, -0.2) is 37.8 Å². The molecule has 0 aromatic heterocycles. The topological polar surface area (TPSA) is 55.8 Å². The van der Waals surface area contributed by atoms with Gasteiger partial charge in [-0.2, -0.15) is 0 Å². The lowest BCUT2D eigenvalue weighted by Crippen LogP contribution is -2.06. The first-order valence-electron chi connectivity index (χ1n) is 4.63. The standard InChI is InChI=1S/C11H14O4/c1-14-6-7-15-10-4-2-9(3-5-10)11(13)8-12/h2-5,12H,6-8H2,1H3. The summed E-state index contributed by atoms with van der Waals surface area (Å²) in [6.45, 7) is 0.533. The molecule has 4 nitrogen and oxygen atoms in total. The van der Waals surface area contributed by atoms with Crippen LogP contribution in [0.4, 0.5) is 0 Å². The fourth-order valence-electron chi connectivity index (χ4n) is 1.07. The average Bonchev–Trinajstić information content (AvgIpc) is 2.29. The van der Waals surface area contributed by atoms with E-state index in [0.29, 0.717) is 24.5 Å². The van der Waals surface area contributed by atoms with Gasteiger partial charge in [-0.1, -0.05) is 0 Å². The van der Waals surface area contributed by atoms with Crippen LogP contribution in [-0.2, 0) is 4.74 Å². The molecule has 82 valence electrons. The number of aliphatic hydroxyl groups excluding tert-OH is 1. The molecule has 1 rings (SSSR count). The number of benzene rings is 1. The number of methoxy groups -OCH3 is 1. The van der Waals surface area contributed by atoms with Crippen LogP contribution in [0.3, 0.4) is 0 Å². The largest absolute Gasteiger partial charge is 0.491 e. The zero-order valence-corrected chi connectivity index (χ0v) is 8.60. The Kier molecular flexibility index (Phi) is 4.80. The van der Waals surface area contributed by atoms with Crippen LogP contribution in [0.25, 0.3) is 0 Å². The molecule has 0 saturated carbocycles. The molecule has 0 saturated heterocycles. The van der Waals surface area contributed by atoms with Crippen molar-refractivity contribution in [2.45, 2.75) is 0 Å². The number of aliphatic hydroxyl groups is 1. The van der Waals surface area contributed by atoms with Gasteiger partial charge >= 0.3 is 0 Å². The highest BCUT2D eigenvalue weighted by molar-refractivity contribution is 5.96. The molecule has 0 fully saturated rings. The zero-order valence-electron chi connectivity index (χ0n) is 8.60. The van der Waals surface area contributed by atoms with Crippen LogP contribution in [0.2, 0.25) is 0 Å². The minimum Gasteiger partial charge on any atom is -0.491 e. The van der Waals surface area contributed by atoms with Gasteiger partial charge < -0.3 is 14.6 Å². The van der Waals surface area contributed by atoms with Crippen molar-refractivity contribution in [2.75, 3.05) is 26.9 Å².